The molecule has 1 aliphatic heterocycles. The molecule has 0 atom stereocenters. The Balaban J connectivity index is 1.76. The van der Waals surface area contributed by atoms with Gasteiger partial charge in [-0.05, 0) is 37.5 Å². The van der Waals surface area contributed by atoms with Crippen molar-refractivity contribution in [2.75, 3.05) is 18.4 Å². The number of likely N-dealkylation sites (tertiary alicyclic amines) is 1. The summed E-state index contributed by atoms with van der Waals surface area (Å²) >= 11 is 6.16. The number of halogens is 2. The number of carbonyl (C=O) groups is 2. The average molecular weight is 468 g/mol. The average Bonchev–Trinajstić information content (AvgIpc) is 2.70. The summed E-state index contributed by atoms with van der Waals surface area (Å²) < 4.78 is 42.6. The number of rotatable bonds is 5. The van der Waals surface area contributed by atoms with E-state index in [4.69, 9.17) is 11.6 Å². The number of benzene rings is 2. The van der Waals surface area contributed by atoms with Gasteiger partial charge in [-0.1, -0.05) is 29.8 Å². The van der Waals surface area contributed by atoms with E-state index >= 15 is 0 Å². The van der Waals surface area contributed by atoms with Crippen molar-refractivity contribution in [3.05, 3.63) is 58.4 Å². The Labute approximate surface area is 185 Å². The van der Waals surface area contributed by atoms with E-state index in [-0.39, 0.29) is 16.6 Å². The molecule has 0 bridgehead atoms. The maximum atomic E-state index is 14.7. The van der Waals surface area contributed by atoms with Crippen molar-refractivity contribution in [3.63, 3.8) is 0 Å². The summed E-state index contributed by atoms with van der Waals surface area (Å²) in [5.74, 6) is -1.58. The van der Waals surface area contributed by atoms with Gasteiger partial charge in [0.05, 0.1) is 10.7 Å². The highest BCUT2D eigenvalue weighted by Crippen LogP contribution is 2.29. The Morgan fingerprint density at radius 1 is 1.16 bits per heavy atom. The zero-order valence-corrected chi connectivity index (χ0v) is 18.7. The molecule has 3 rings (SSSR count). The summed E-state index contributed by atoms with van der Waals surface area (Å²) in [6.45, 7) is 4.08. The van der Waals surface area contributed by atoms with Crippen LogP contribution in [0.3, 0.4) is 0 Å². The molecule has 0 aromatic heterocycles. The third kappa shape index (κ3) is 5.41. The van der Waals surface area contributed by atoms with E-state index in [1.807, 2.05) is 0 Å². The van der Waals surface area contributed by atoms with Crippen molar-refractivity contribution in [2.24, 2.45) is 0 Å². The van der Waals surface area contributed by atoms with Crippen LogP contribution in [0, 0.1) is 12.7 Å². The molecule has 166 valence electrons. The molecule has 2 aromatic carbocycles. The number of nitrogens with zero attached hydrogens (tertiary/aromatic N) is 1. The van der Waals surface area contributed by atoms with Crippen LogP contribution in [0.15, 0.2) is 41.3 Å². The molecule has 1 fully saturated rings. The standard InChI is InChI=1S/C21H23ClFN3O4S/c1-13-5-3-4-6-16(13)21(28)24-19-12-18(23)20(11-17(19)22)31(29,30)25-15-7-9-26(10-8-15)14(2)27/h3-6,11-12,15,25H,7-10H2,1-2H3,(H,24,28). The van der Waals surface area contributed by atoms with Gasteiger partial charge >= 0.3 is 0 Å². The second-order valence-electron chi connectivity index (χ2n) is 7.43. The van der Waals surface area contributed by atoms with E-state index < -0.39 is 32.7 Å². The van der Waals surface area contributed by atoms with Crippen LogP contribution in [-0.2, 0) is 14.8 Å². The molecule has 0 saturated carbocycles. The Morgan fingerprint density at radius 2 is 1.81 bits per heavy atom. The van der Waals surface area contributed by atoms with Crippen molar-refractivity contribution in [3.8, 4) is 0 Å². The number of anilines is 1. The van der Waals surface area contributed by atoms with Crippen molar-refractivity contribution >= 4 is 39.1 Å². The molecule has 0 aliphatic carbocycles. The van der Waals surface area contributed by atoms with Crippen LogP contribution in [0.2, 0.25) is 5.02 Å². The minimum atomic E-state index is -4.18. The highest BCUT2D eigenvalue weighted by atomic mass is 35.5. The number of aryl methyl sites for hydroxylation is 1. The molecule has 2 amide bonds. The third-order valence-electron chi connectivity index (χ3n) is 5.21. The fourth-order valence-electron chi connectivity index (χ4n) is 3.44. The van der Waals surface area contributed by atoms with Crippen molar-refractivity contribution < 1.29 is 22.4 Å². The predicted octanol–water partition coefficient (Wildman–Crippen LogP) is 3.33. The lowest BCUT2D eigenvalue weighted by Crippen LogP contribution is -2.46. The van der Waals surface area contributed by atoms with E-state index in [0.717, 1.165) is 17.7 Å². The van der Waals surface area contributed by atoms with Crippen LogP contribution in [-0.4, -0.2) is 44.3 Å². The first kappa shape index (κ1) is 23.2. The smallest absolute Gasteiger partial charge is 0.255 e. The van der Waals surface area contributed by atoms with Gasteiger partial charge in [-0.2, -0.15) is 0 Å². The van der Waals surface area contributed by atoms with Gasteiger partial charge in [0.25, 0.3) is 5.91 Å². The summed E-state index contributed by atoms with van der Waals surface area (Å²) in [6, 6.07) is 8.33. The molecule has 31 heavy (non-hydrogen) atoms. The van der Waals surface area contributed by atoms with Crippen molar-refractivity contribution in [1.82, 2.24) is 9.62 Å². The Morgan fingerprint density at radius 3 is 2.42 bits per heavy atom. The number of carbonyl (C=O) groups excluding carboxylic acids is 2. The van der Waals surface area contributed by atoms with Crippen LogP contribution in [0.25, 0.3) is 0 Å². The molecule has 1 aliphatic rings. The van der Waals surface area contributed by atoms with Gasteiger partial charge in [-0.3, -0.25) is 9.59 Å². The van der Waals surface area contributed by atoms with Crippen molar-refractivity contribution in [2.45, 2.75) is 37.6 Å². The minimum Gasteiger partial charge on any atom is -0.343 e. The number of hydrogen-bond donors (Lipinski definition) is 2. The van der Waals surface area contributed by atoms with Gasteiger partial charge in [-0.15, -0.1) is 0 Å². The molecule has 0 spiro atoms. The fourth-order valence-corrected chi connectivity index (χ4v) is 5.11. The molecule has 0 unspecified atom stereocenters. The number of sulfonamides is 1. The minimum absolute atomic E-state index is 0.0267. The number of piperidine rings is 1. The highest BCUT2D eigenvalue weighted by molar-refractivity contribution is 7.89. The molecular formula is C21H23ClFN3O4S. The maximum Gasteiger partial charge on any atom is 0.255 e. The monoisotopic (exact) mass is 467 g/mol. The topological polar surface area (TPSA) is 95.6 Å². The molecule has 1 heterocycles. The molecule has 10 heteroatoms. The normalized spacial score (nSPS) is 15.0. The van der Waals surface area contributed by atoms with Crippen LogP contribution < -0.4 is 10.0 Å². The summed E-state index contributed by atoms with van der Waals surface area (Å²) in [7, 11) is -4.18. The Hall–Kier alpha value is -2.49. The van der Waals surface area contributed by atoms with Crippen molar-refractivity contribution in [1.29, 1.82) is 0 Å². The largest absolute Gasteiger partial charge is 0.343 e. The summed E-state index contributed by atoms with van der Waals surface area (Å²) in [4.78, 5) is 24.9. The molecule has 2 aromatic rings. The first-order chi connectivity index (χ1) is 14.6. The van der Waals surface area contributed by atoms with Gasteiger partial charge in [0, 0.05) is 37.7 Å². The lowest BCUT2D eigenvalue weighted by molar-refractivity contribution is -0.129. The molecular weight excluding hydrogens is 445 g/mol. The van der Waals surface area contributed by atoms with Gasteiger partial charge in [0.2, 0.25) is 15.9 Å². The number of hydrogen-bond acceptors (Lipinski definition) is 4. The van der Waals surface area contributed by atoms with Crippen LogP contribution in [0.1, 0.15) is 35.7 Å². The second-order valence-corrected chi connectivity index (χ2v) is 9.52. The van der Waals surface area contributed by atoms with Gasteiger partial charge in [-0.25, -0.2) is 17.5 Å². The van der Waals surface area contributed by atoms with E-state index in [2.05, 4.69) is 10.0 Å². The van der Waals surface area contributed by atoms with Gasteiger partial charge in [0.15, 0.2) is 0 Å². The first-order valence-electron chi connectivity index (χ1n) is 9.72. The molecule has 2 N–H and O–H groups in total. The van der Waals surface area contributed by atoms with Crippen LogP contribution in [0.4, 0.5) is 10.1 Å². The van der Waals surface area contributed by atoms with E-state index in [9.17, 15) is 22.4 Å². The van der Waals surface area contributed by atoms with E-state index in [1.165, 1.54) is 6.92 Å². The summed E-state index contributed by atoms with van der Waals surface area (Å²) in [5, 5.41) is 2.42. The number of nitrogens with one attached hydrogen (secondary N) is 2. The Kier molecular flexibility index (Phi) is 6.98. The molecule has 7 nitrogen and oxygen atoms in total. The van der Waals surface area contributed by atoms with Crippen LogP contribution in [0.5, 0.6) is 0 Å². The lowest BCUT2D eigenvalue weighted by Gasteiger charge is -2.31. The second kappa shape index (κ2) is 9.33. The Bertz CT molecular complexity index is 1120. The highest BCUT2D eigenvalue weighted by Gasteiger charge is 2.28. The van der Waals surface area contributed by atoms with E-state index in [0.29, 0.717) is 31.5 Å². The predicted molar refractivity (Wildman–Crippen MR) is 116 cm³/mol. The van der Waals surface area contributed by atoms with E-state index in [1.54, 1.807) is 36.1 Å². The SMILES string of the molecule is CC(=O)N1CCC(NS(=O)(=O)c2cc(Cl)c(NC(=O)c3ccccc3C)cc2F)CC1. The van der Waals surface area contributed by atoms with Gasteiger partial charge in [0.1, 0.15) is 10.7 Å². The fraction of sp³-hybridized carbons (Fsp3) is 0.333. The number of amides is 2. The zero-order valence-electron chi connectivity index (χ0n) is 17.1. The van der Waals surface area contributed by atoms with Gasteiger partial charge < -0.3 is 10.2 Å². The first-order valence-corrected chi connectivity index (χ1v) is 11.6. The molecule has 0 radical (unpaired) electrons. The maximum absolute atomic E-state index is 14.7. The third-order valence-corrected chi connectivity index (χ3v) is 7.06. The van der Waals surface area contributed by atoms with Crippen LogP contribution >= 0.6 is 11.6 Å². The molecule has 1 saturated heterocycles. The summed E-state index contributed by atoms with van der Waals surface area (Å²) in [5.41, 5.74) is 1.10. The lowest BCUT2D eigenvalue weighted by atomic mass is 10.1. The summed E-state index contributed by atoms with van der Waals surface area (Å²) in [6.07, 6.45) is 0.859. The zero-order chi connectivity index (χ0) is 22.8. The quantitative estimate of drug-likeness (QED) is 0.705.